The van der Waals surface area contributed by atoms with Crippen LogP contribution in [-0.2, 0) is 11.2 Å². The maximum absolute atomic E-state index is 9.78. The van der Waals surface area contributed by atoms with Gasteiger partial charge in [-0.05, 0) is 91.4 Å². The van der Waals surface area contributed by atoms with Crippen molar-refractivity contribution < 1.29 is 9.84 Å². The van der Waals surface area contributed by atoms with Crippen molar-refractivity contribution in [1.29, 1.82) is 0 Å². The Bertz CT molecular complexity index is 581. The third-order valence-electron chi connectivity index (χ3n) is 7.15. The van der Waals surface area contributed by atoms with Crippen LogP contribution in [0.2, 0.25) is 0 Å². The summed E-state index contributed by atoms with van der Waals surface area (Å²) in [6, 6.07) is 6.09. The number of aryl methyl sites for hydroxylation is 1. The molecule has 4 rings (SSSR count). The van der Waals surface area contributed by atoms with Crippen molar-refractivity contribution in [3.05, 3.63) is 29.3 Å². The number of benzene rings is 1. The molecule has 3 aliphatic rings. The number of hydrogen-bond donors (Lipinski definition) is 1. The Hall–Kier alpha value is -1.02. The molecule has 1 aromatic carbocycles. The first-order valence-corrected chi connectivity index (χ1v) is 9.57. The Balaban J connectivity index is 1.59. The molecular weight excluding hydrogens is 284 g/mol. The van der Waals surface area contributed by atoms with E-state index >= 15 is 0 Å². The molecule has 0 radical (unpaired) electrons. The highest BCUT2D eigenvalue weighted by Gasteiger charge is 2.55. The maximum atomic E-state index is 9.78. The summed E-state index contributed by atoms with van der Waals surface area (Å²) < 4.78 is 6.26. The SMILES string of the molecule is CCCOC1CCC2C3CCc4cc(O)ccc4C3CCC12C. The molecule has 0 heterocycles. The molecule has 1 aromatic rings. The molecule has 0 spiro atoms. The van der Waals surface area contributed by atoms with Crippen LogP contribution in [0, 0.1) is 17.3 Å². The van der Waals surface area contributed by atoms with Gasteiger partial charge >= 0.3 is 0 Å². The summed E-state index contributed by atoms with van der Waals surface area (Å²) in [5.74, 6) is 2.78. The van der Waals surface area contributed by atoms with Gasteiger partial charge < -0.3 is 9.84 Å². The van der Waals surface area contributed by atoms with Crippen LogP contribution in [0.5, 0.6) is 5.75 Å². The van der Waals surface area contributed by atoms with Gasteiger partial charge in [0.25, 0.3) is 0 Å². The quantitative estimate of drug-likeness (QED) is 0.846. The van der Waals surface area contributed by atoms with E-state index in [1.807, 2.05) is 12.1 Å². The first kappa shape index (κ1) is 15.5. The van der Waals surface area contributed by atoms with E-state index in [-0.39, 0.29) is 0 Å². The highest BCUT2D eigenvalue weighted by molar-refractivity contribution is 5.40. The van der Waals surface area contributed by atoms with Gasteiger partial charge in [0.1, 0.15) is 5.75 Å². The number of rotatable bonds is 3. The normalized spacial score (nSPS) is 38.7. The standard InChI is InChI=1S/C21H30O2/c1-3-12-23-20-9-8-19-18-6-4-14-13-15(22)5-7-16(14)17(18)10-11-21(19,20)2/h5,7,13,17-20,22H,3-4,6,8-12H2,1-2H3. The second kappa shape index (κ2) is 5.81. The van der Waals surface area contributed by atoms with Gasteiger partial charge in [0.15, 0.2) is 0 Å². The minimum absolute atomic E-state index is 0.394. The topological polar surface area (TPSA) is 29.5 Å². The van der Waals surface area contributed by atoms with Crippen molar-refractivity contribution >= 4 is 0 Å². The van der Waals surface area contributed by atoms with E-state index in [0.29, 0.717) is 23.2 Å². The molecule has 3 aliphatic carbocycles. The van der Waals surface area contributed by atoms with Crippen molar-refractivity contribution in [3.8, 4) is 5.75 Å². The average molecular weight is 314 g/mol. The van der Waals surface area contributed by atoms with Crippen LogP contribution in [-0.4, -0.2) is 17.8 Å². The molecule has 0 amide bonds. The second-order valence-corrected chi connectivity index (χ2v) is 8.28. The van der Waals surface area contributed by atoms with E-state index in [1.165, 1.54) is 43.2 Å². The Morgan fingerprint density at radius 2 is 2.09 bits per heavy atom. The predicted molar refractivity (Wildman–Crippen MR) is 92.8 cm³/mol. The van der Waals surface area contributed by atoms with Crippen LogP contribution >= 0.6 is 0 Å². The molecule has 2 fully saturated rings. The summed E-state index contributed by atoms with van der Waals surface area (Å²) >= 11 is 0. The lowest BCUT2D eigenvalue weighted by Crippen LogP contribution is -2.44. The number of phenolic OH excluding ortho intramolecular Hbond substituents is 1. The zero-order chi connectivity index (χ0) is 16.0. The summed E-state index contributed by atoms with van der Waals surface area (Å²) in [5, 5.41) is 9.78. The van der Waals surface area contributed by atoms with E-state index in [9.17, 15) is 5.11 Å². The molecule has 2 nitrogen and oxygen atoms in total. The number of hydrogen-bond acceptors (Lipinski definition) is 2. The van der Waals surface area contributed by atoms with Crippen LogP contribution < -0.4 is 0 Å². The molecule has 0 aromatic heterocycles. The highest BCUT2D eigenvalue weighted by atomic mass is 16.5. The second-order valence-electron chi connectivity index (χ2n) is 8.28. The summed E-state index contributed by atoms with van der Waals surface area (Å²) in [4.78, 5) is 0. The zero-order valence-electron chi connectivity index (χ0n) is 14.6. The van der Waals surface area contributed by atoms with Crippen LogP contribution in [0.25, 0.3) is 0 Å². The lowest BCUT2D eigenvalue weighted by molar-refractivity contribution is -0.0636. The number of phenols is 1. The highest BCUT2D eigenvalue weighted by Crippen LogP contribution is 2.61. The Labute approximate surface area is 140 Å². The molecule has 5 atom stereocenters. The van der Waals surface area contributed by atoms with Gasteiger partial charge in [-0.25, -0.2) is 0 Å². The van der Waals surface area contributed by atoms with Crippen LogP contribution in [0.3, 0.4) is 0 Å². The molecule has 2 saturated carbocycles. The molecule has 126 valence electrons. The summed E-state index contributed by atoms with van der Waals surface area (Å²) in [7, 11) is 0. The third kappa shape index (κ3) is 2.41. The minimum atomic E-state index is 0.394. The van der Waals surface area contributed by atoms with Gasteiger partial charge in [0, 0.05) is 6.61 Å². The molecule has 0 saturated heterocycles. The molecular formula is C21H30O2. The first-order chi connectivity index (χ1) is 11.1. The minimum Gasteiger partial charge on any atom is -0.508 e. The van der Waals surface area contributed by atoms with Crippen molar-refractivity contribution in [2.24, 2.45) is 17.3 Å². The van der Waals surface area contributed by atoms with Crippen LogP contribution in [0.1, 0.15) is 69.4 Å². The largest absolute Gasteiger partial charge is 0.508 e. The summed E-state index contributed by atoms with van der Waals surface area (Å²) in [6.45, 7) is 5.63. The van der Waals surface area contributed by atoms with Crippen LogP contribution in [0.15, 0.2) is 18.2 Å². The lowest BCUT2D eigenvalue weighted by atomic mass is 9.55. The molecule has 5 unspecified atom stereocenters. The van der Waals surface area contributed by atoms with Gasteiger partial charge in [-0.1, -0.05) is 19.9 Å². The van der Waals surface area contributed by atoms with Crippen molar-refractivity contribution in [1.82, 2.24) is 0 Å². The van der Waals surface area contributed by atoms with Gasteiger partial charge in [0.05, 0.1) is 6.10 Å². The van der Waals surface area contributed by atoms with E-state index in [4.69, 9.17) is 4.74 Å². The molecule has 1 N–H and O–H groups in total. The number of aromatic hydroxyl groups is 1. The fourth-order valence-electron chi connectivity index (χ4n) is 6.05. The predicted octanol–water partition coefficient (Wildman–Crippen LogP) is 5.04. The summed E-state index contributed by atoms with van der Waals surface area (Å²) in [6.07, 6.45) is 9.23. The van der Waals surface area contributed by atoms with E-state index in [0.717, 1.165) is 31.3 Å². The monoisotopic (exact) mass is 314 g/mol. The molecule has 2 heteroatoms. The van der Waals surface area contributed by atoms with Gasteiger partial charge in [0.2, 0.25) is 0 Å². The molecule has 0 aliphatic heterocycles. The van der Waals surface area contributed by atoms with Gasteiger partial charge in [-0.2, -0.15) is 0 Å². The van der Waals surface area contributed by atoms with Gasteiger partial charge in [-0.3, -0.25) is 0 Å². The van der Waals surface area contributed by atoms with E-state index in [1.54, 1.807) is 0 Å². The zero-order valence-corrected chi connectivity index (χ0v) is 14.6. The Kier molecular flexibility index (Phi) is 3.91. The average Bonchev–Trinajstić information content (AvgIpc) is 2.89. The number of ether oxygens (including phenoxy) is 1. The van der Waals surface area contributed by atoms with E-state index in [2.05, 4.69) is 19.9 Å². The Morgan fingerprint density at radius 3 is 2.91 bits per heavy atom. The fraction of sp³-hybridized carbons (Fsp3) is 0.714. The molecule has 23 heavy (non-hydrogen) atoms. The molecule has 0 bridgehead atoms. The fourth-order valence-corrected chi connectivity index (χ4v) is 6.05. The third-order valence-corrected chi connectivity index (χ3v) is 7.15. The van der Waals surface area contributed by atoms with Crippen molar-refractivity contribution in [3.63, 3.8) is 0 Å². The smallest absolute Gasteiger partial charge is 0.115 e. The Morgan fingerprint density at radius 1 is 1.22 bits per heavy atom. The first-order valence-electron chi connectivity index (χ1n) is 9.57. The summed E-state index contributed by atoms with van der Waals surface area (Å²) in [5.41, 5.74) is 3.32. The number of fused-ring (bicyclic) bond motifs is 5. The van der Waals surface area contributed by atoms with Crippen molar-refractivity contribution in [2.75, 3.05) is 6.61 Å². The maximum Gasteiger partial charge on any atom is 0.115 e. The van der Waals surface area contributed by atoms with Crippen LogP contribution in [0.4, 0.5) is 0 Å². The lowest BCUT2D eigenvalue weighted by Gasteiger charge is -2.50. The van der Waals surface area contributed by atoms with E-state index < -0.39 is 0 Å². The van der Waals surface area contributed by atoms with Crippen molar-refractivity contribution in [2.45, 2.75) is 70.8 Å². The van der Waals surface area contributed by atoms with Gasteiger partial charge in [-0.15, -0.1) is 0 Å².